The van der Waals surface area contributed by atoms with Gasteiger partial charge in [-0.1, -0.05) is 30.3 Å². The van der Waals surface area contributed by atoms with Gasteiger partial charge in [0.25, 0.3) is 0 Å². The molecule has 0 fully saturated rings. The van der Waals surface area contributed by atoms with E-state index >= 15 is 0 Å². The Morgan fingerprint density at radius 1 is 0.829 bits per heavy atom. The maximum absolute atomic E-state index is 13.6. The van der Waals surface area contributed by atoms with Crippen molar-refractivity contribution >= 4 is 34.6 Å². The van der Waals surface area contributed by atoms with E-state index in [1.54, 1.807) is 6.20 Å². The molecule has 0 saturated heterocycles. The molecule has 2 aromatic carbocycles. The van der Waals surface area contributed by atoms with Crippen molar-refractivity contribution in [1.82, 2.24) is 20.9 Å². The number of aromatic amines is 1. The van der Waals surface area contributed by atoms with Crippen LogP contribution in [0, 0.1) is 0 Å². The summed E-state index contributed by atoms with van der Waals surface area (Å²) in [4.78, 5) is 54.2. The quantitative estimate of drug-likeness (QED) is 0.126. The van der Waals surface area contributed by atoms with E-state index in [0.717, 1.165) is 10.9 Å². The Hall–Kier alpha value is -4.46. The number of nitrogens with one attached hydrogen (secondary N) is 4. The molecule has 3 rings (SSSR count). The van der Waals surface area contributed by atoms with E-state index in [1.165, 1.54) is 38.1 Å². The standard InChI is InChI=1S/C28H35N5O8/c1-14(34)23(29)27(39)32-22(12-17-13-30-20-6-4-3-5-19(17)20)25(37)31-21(11-16-7-9-18(36)10-8-16)26(38)33-24(15(2)35)28(40)41/h3-10,13-15,21-24,30,34-36H,11-12,29H2,1-2H3,(H,31,37)(H,32,39)(H,33,38)(H,40,41). The first-order valence-corrected chi connectivity index (χ1v) is 13.0. The van der Waals surface area contributed by atoms with Crippen molar-refractivity contribution < 1.29 is 39.6 Å². The highest BCUT2D eigenvalue weighted by atomic mass is 16.4. The molecule has 0 aliphatic heterocycles. The zero-order valence-corrected chi connectivity index (χ0v) is 22.6. The Bertz CT molecular complexity index is 1370. The van der Waals surface area contributed by atoms with Crippen LogP contribution in [-0.4, -0.2) is 85.5 Å². The third-order valence-electron chi connectivity index (χ3n) is 6.61. The van der Waals surface area contributed by atoms with Crippen molar-refractivity contribution in [1.29, 1.82) is 0 Å². The normalized spacial score (nSPS) is 15.6. The van der Waals surface area contributed by atoms with E-state index in [4.69, 9.17) is 5.73 Å². The second-order valence-corrected chi connectivity index (χ2v) is 9.89. The Morgan fingerprint density at radius 2 is 1.41 bits per heavy atom. The van der Waals surface area contributed by atoms with Gasteiger partial charge in [0.1, 0.15) is 23.9 Å². The zero-order chi connectivity index (χ0) is 30.3. The molecule has 6 unspecified atom stereocenters. The van der Waals surface area contributed by atoms with E-state index in [9.17, 15) is 39.6 Å². The number of amides is 3. The number of fused-ring (bicyclic) bond motifs is 1. The molecule has 13 heteroatoms. The number of carboxylic acid groups (broad SMARTS) is 1. The number of carbonyl (C=O) groups is 4. The number of benzene rings is 2. The minimum absolute atomic E-state index is 0.00686. The second kappa shape index (κ2) is 13.7. The highest BCUT2D eigenvalue weighted by Crippen LogP contribution is 2.19. The van der Waals surface area contributed by atoms with Crippen LogP contribution in [0.3, 0.4) is 0 Å². The lowest BCUT2D eigenvalue weighted by Crippen LogP contribution is -2.59. The summed E-state index contributed by atoms with van der Waals surface area (Å²) in [7, 11) is 0. The number of hydrogen-bond acceptors (Lipinski definition) is 8. The van der Waals surface area contributed by atoms with Crippen LogP contribution in [0.5, 0.6) is 5.75 Å². The van der Waals surface area contributed by atoms with Gasteiger partial charge in [-0.2, -0.15) is 0 Å². The molecule has 0 aliphatic carbocycles. The van der Waals surface area contributed by atoms with Gasteiger partial charge >= 0.3 is 5.97 Å². The predicted molar refractivity (Wildman–Crippen MR) is 149 cm³/mol. The monoisotopic (exact) mass is 569 g/mol. The molecule has 0 saturated carbocycles. The number of carbonyl (C=O) groups excluding carboxylic acids is 3. The summed E-state index contributed by atoms with van der Waals surface area (Å²) >= 11 is 0. The lowest BCUT2D eigenvalue weighted by atomic mass is 10.0. The van der Waals surface area contributed by atoms with Crippen molar-refractivity contribution in [2.75, 3.05) is 0 Å². The minimum atomic E-state index is -1.65. The minimum Gasteiger partial charge on any atom is -0.508 e. The Labute approximate surface area is 235 Å². The summed E-state index contributed by atoms with van der Waals surface area (Å²) < 4.78 is 0. The van der Waals surface area contributed by atoms with Gasteiger partial charge in [-0.05, 0) is 43.2 Å². The van der Waals surface area contributed by atoms with E-state index in [-0.39, 0.29) is 18.6 Å². The average molecular weight is 570 g/mol. The number of phenolic OH excluding ortho intramolecular Hbond substituents is 1. The number of aromatic nitrogens is 1. The SMILES string of the molecule is CC(O)C(N)C(=O)NC(Cc1c[nH]c2ccccc12)C(=O)NC(Cc1ccc(O)cc1)C(=O)NC(C(=O)O)C(C)O. The molecule has 3 amide bonds. The van der Waals surface area contributed by atoms with Crippen LogP contribution in [0.15, 0.2) is 54.7 Å². The number of para-hydroxylation sites is 1. The number of nitrogens with two attached hydrogens (primary N) is 1. The third-order valence-corrected chi connectivity index (χ3v) is 6.61. The molecule has 6 atom stereocenters. The molecule has 0 aliphatic rings. The van der Waals surface area contributed by atoms with Gasteiger partial charge in [0.15, 0.2) is 6.04 Å². The smallest absolute Gasteiger partial charge is 0.328 e. The van der Waals surface area contributed by atoms with E-state index in [1.807, 2.05) is 24.3 Å². The van der Waals surface area contributed by atoms with E-state index < -0.39 is 60.1 Å². The lowest BCUT2D eigenvalue weighted by molar-refractivity contribution is -0.145. The van der Waals surface area contributed by atoms with Crippen molar-refractivity contribution in [3.8, 4) is 5.75 Å². The number of rotatable bonds is 13. The van der Waals surface area contributed by atoms with Crippen molar-refractivity contribution in [3.63, 3.8) is 0 Å². The van der Waals surface area contributed by atoms with Crippen LogP contribution in [0.2, 0.25) is 0 Å². The lowest BCUT2D eigenvalue weighted by Gasteiger charge is -2.26. The summed E-state index contributed by atoms with van der Waals surface area (Å²) in [6, 6.07) is 7.61. The number of H-pyrrole nitrogens is 1. The molecule has 1 aromatic heterocycles. The maximum Gasteiger partial charge on any atom is 0.328 e. The molecule has 10 N–H and O–H groups in total. The fourth-order valence-electron chi connectivity index (χ4n) is 4.21. The van der Waals surface area contributed by atoms with Crippen LogP contribution < -0.4 is 21.7 Å². The molecule has 3 aromatic rings. The molecular formula is C28H35N5O8. The Morgan fingerprint density at radius 3 is 2.02 bits per heavy atom. The summed E-state index contributed by atoms with van der Waals surface area (Å²) in [6.07, 6.45) is -1.06. The van der Waals surface area contributed by atoms with Crippen molar-refractivity contribution in [2.45, 2.75) is 63.1 Å². The number of aliphatic hydroxyl groups excluding tert-OH is 2. The molecule has 220 valence electrons. The first-order valence-electron chi connectivity index (χ1n) is 13.0. The van der Waals surface area contributed by atoms with Gasteiger partial charge in [0, 0.05) is 29.9 Å². The fourth-order valence-corrected chi connectivity index (χ4v) is 4.21. The van der Waals surface area contributed by atoms with Gasteiger partial charge in [-0.3, -0.25) is 14.4 Å². The first kappa shape index (κ1) is 31.1. The molecule has 0 radical (unpaired) electrons. The maximum atomic E-state index is 13.6. The molecule has 1 heterocycles. The number of hydrogen-bond donors (Lipinski definition) is 9. The van der Waals surface area contributed by atoms with Crippen molar-refractivity contribution in [3.05, 3.63) is 65.9 Å². The Balaban J connectivity index is 1.91. The number of aliphatic hydroxyl groups is 2. The molecule has 41 heavy (non-hydrogen) atoms. The van der Waals surface area contributed by atoms with Crippen LogP contribution in [0.4, 0.5) is 0 Å². The average Bonchev–Trinajstić information content (AvgIpc) is 3.33. The molecule has 13 nitrogen and oxygen atoms in total. The number of aliphatic carboxylic acids is 1. The highest BCUT2D eigenvalue weighted by molar-refractivity contribution is 5.95. The number of phenols is 1. The van der Waals surface area contributed by atoms with Crippen LogP contribution in [0.25, 0.3) is 10.9 Å². The largest absolute Gasteiger partial charge is 0.508 e. The molecule has 0 bridgehead atoms. The van der Waals surface area contributed by atoms with Crippen molar-refractivity contribution in [2.24, 2.45) is 5.73 Å². The van der Waals surface area contributed by atoms with Gasteiger partial charge < -0.3 is 47.1 Å². The first-order chi connectivity index (χ1) is 19.4. The third kappa shape index (κ3) is 8.27. The highest BCUT2D eigenvalue weighted by Gasteiger charge is 2.33. The van der Waals surface area contributed by atoms with Gasteiger partial charge in [0.2, 0.25) is 17.7 Å². The topological polar surface area (TPSA) is 227 Å². The van der Waals surface area contributed by atoms with Gasteiger partial charge in [-0.15, -0.1) is 0 Å². The summed E-state index contributed by atoms with van der Waals surface area (Å²) in [6.45, 7) is 2.53. The summed E-state index contributed by atoms with van der Waals surface area (Å²) in [5, 5.41) is 46.8. The zero-order valence-electron chi connectivity index (χ0n) is 22.6. The summed E-state index contributed by atoms with van der Waals surface area (Å²) in [5.74, 6) is -3.95. The number of aromatic hydroxyl groups is 1. The summed E-state index contributed by atoms with van der Waals surface area (Å²) in [5.41, 5.74) is 7.80. The van der Waals surface area contributed by atoms with Crippen LogP contribution in [0.1, 0.15) is 25.0 Å². The second-order valence-electron chi connectivity index (χ2n) is 9.89. The van der Waals surface area contributed by atoms with Crippen LogP contribution in [-0.2, 0) is 32.0 Å². The molecular weight excluding hydrogens is 534 g/mol. The van der Waals surface area contributed by atoms with Crippen LogP contribution >= 0.6 is 0 Å². The van der Waals surface area contributed by atoms with Gasteiger partial charge in [0.05, 0.1) is 12.2 Å². The van der Waals surface area contributed by atoms with E-state index in [0.29, 0.717) is 11.1 Å². The molecule has 0 spiro atoms. The Kier molecular flexibility index (Phi) is 10.4. The number of carboxylic acids is 1. The predicted octanol–water partition coefficient (Wildman–Crippen LogP) is -0.713. The fraction of sp³-hybridized carbons (Fsp3) is 0.357. The van der Waals surface area contributed by atoms with E-state index in [2.05, 4.69) is 20.9 Å². The van der Waals surface area contributed by atoms with Gasteiger partial charge in [-0.25, -0.2) is 4.79 Å².